The number of amides is 3. The predicted octanol–water partition coefficient (Wildman–Crippen LogP) is 1.65. The lowest BCUT2D eigenvalue weighted by molar-refractivity contribution is -0.116. The molecule has 0 spiro atoms. The van der Waals surface area contributed by atoms with Crippen LogP contribution in [0.4, 0.5) is 16.2 Å². The van der Waals surface area contributed by atoms with Gasteiger partial charge in [0.25, 0.3) is 0 Å². The van der Waals surface area contributed by atoms with Gasteiger partial charge in [0, 0.05) is 18.5 Å². The molecular formula is C23H30N4O6. The third kappa shape index (κ3) is 6.50. The number of anilines is 2. The number of methoxy groups -OCH3 is 2. The molecule has 0 aromatic heterocycles. The monoisotopic (exact) mass is 458 g/mol. The summed E-state index contributed by atoms with van der Waals surface area (Å²) in [5.41, 5.74) is 7.94. The maximum Gasteiger partial charge on any atom is 0.316 e. The molecule has 1 unspecified atom stereocenters. The highest BCUT2D eigenvalue weighted by Crippen LogP contribution is 2.37. The third-order valence-corrected chi connectivity index (χ3v) is 5.24. The number of primary amides is 1. The molecule has 1 aliphatic heterocycles. The molecule has 3 amide bonds. The zero-order valence-corrected chi connectivity index (χ0v) is 18.8. The van der Waals surface area contributed by atoms with Crippen molar-refractivity contribution < 1.29 is 28.9 Å². The number of benzene rings is 2. The Balaban J connectivity index is 1.50. The van der Waals surface area contributed by atoms with Crippen LogP contribution < -0.4 is 35.9 Å². The fraction of sp³-hybridized carbons (Fsp3) is 0.391. The average molecular weight is 459 g/mol. The Morgan fingerprint density at radius 1 is 1.15 bits per heavy atom. The van der Waals surface area contributed by atoms with E-state index in [1.807, 2.05) is 18.2 Å². The van der Waals surface area contributed by atoms with E-state index in [1.54, 1.807) is 26.4 Å². The molecule has 10 nitrogen and oxygen atoms in total. The van der Waals surface area contributed by atoms with Gasteiger partial charge < -0.3 is 41.0 Å². The van der Waals surface area contributed by atoms with Gasteiger partial charge in [-0.2, -0.15) is 0 Å². The highest BCUT2D eigenvalue weighted by molar-refractivity contribution is 6.02. The lowest BCUT2D eigenvalue weighted by Gasteiger charge is -2.23. The van der Waals surface area contributed by atoms with Crippen LogP contribution in [0.15, 0.2) is 30.3 Å². The van der Waals surface area contributed by atoms with E-state index in [0.717, 1.165) is 17.5 Å². The number of aliphatic hydroxyl groups is 1. The van der Waals surface area contributed by atoms with E-state index >= 15 is 0 Å². The standard InChI is InChI=1S/C23H30N4O6/c1-31-19-6-3-14(11-20(19)32-2)9-10-25-12-15(28)13-33-18-7-5-17(26-23(24)30)22-16(18)4-8-21(29)27-22/h3,5-7,11,15,25,28H,4,8-10,12-13H2,1-2H3,(H,27,29)(H3,24,26,30). The van der Waals surface area contributed by atoms with Crippen LogP contribution in [0.3, 0.4) is 0 Å². The Labute approximate surface area is 192 Å². The highest BCUT2D eigenvalue weighted by Gasteiger charge is 2.23. The van der Waals surface area contributed by atoms with Crippen LogP contribution in [0.25, 0.3) is 0 Å². The Kier molecular flexibility index (Phi) is 8.34. The van der Waals surface area contributed by atoms with E-state index in [9.17, 15) is 14.7 Å². The molecule has 0 saturated carbocycles. The second-order valence-electron chi connectivity index (χ2n) is 7.61. The minimum atomic E-state index is -0.729. The van der Waals surface area contributed by atoms with Crippen molar-refractivity contribution >= 4 is 23.3 Å². The maximum absolute atomic E-state index is 11.8. The molecule has 3 rings (SSSR count). The fourth-order valence-electron chi connectivity index (χ4n) is 3.61. The summed E-state index contributed by atoms with van der Waals surface area (Å²) in [6.45, 7) is 1.10. The number of hydrogen-bond donors (Lipinski definition) is 5. The quantitative estimate of drug-likeness (QED) is 0.322. The van der Waals surface area contributed by atoms with E-state index < -0.39 is 12.1 Å². The first-order valence-electron chi connectivity index (χ1n) is 10.7. The number of carbonyl (C=O) groups excluding carboxylic acids is 2. The molecule has 0 bridgehead atoms. The second-order valence-corrected chi connectivity index (χ2v) is 7.61. The van der Waals surface area contributed by atoms with E-state index in [4.69, 9.17) is 19.9 Å². The summed E-state index contributed by atoms with van der Waals surface area (Å²) in [4.78, 5) is 23.0. The minimum Gasteiger partial charge on any atom is -0.493 e. The number of ether oxygens (including phenoxy) is 3. The molecular weight excluding hydrogens is 428 g/mol. The van der Waals surface area contributed by atoms with Crippen LogP contribution in [0.1, 0.15) is 17.5 Å². The summed E-state index contributed by atoms with van der Waals surface area (Å²) in [6.07, 6.45) is 0.802. The summed E-state index contributed by atoms with van der Waals surface area (Å²) >= 11 is 0. The second kappa shape index (κ2) is 11.4. The molecule has 1 heterocycles. The van der Waals surface area contributed by atoms with Crippen molar-refractivity contribution in [2.24, 2.45) is 5.73 Å². The Bertz CT molecular complexity index is 997. The van der Waals surface area contributed by atoms with Crippen molar-refractivity contribution in [2.75, 3.05) is 44.5 Å². The molecule has 1 aliphatic rings. The molecule has 6 N–H and O–H groups in total. The van der Waals surface area contributed by atoms with Gasteiger partial charge in [0.1, 0.15) is 18.5 Å². The molecule has 0 aliphatic carbocycles. The van der Waals surface area contributed by atoms with Gasteiger partial charge in [-0.05, 0) is 49.2 Å². The Hall–Kier alpha value is -3.50. The number of urea groups is 1. The number of nitrogens with one attached hydrogen (secondary N) is 3. The van der Waals surface area contributed by atoms with Crippen LogP contribution in [0.2, 0.25) is 0 Å². The van der Waals surface area contributed by atoms with Gasteiger partial charge in [-0.25, -0.2) is 4.79 Å². The number of fused-ring (bicyclic) bond motifs is 1. The van der Waals surface area contributed by atoms with Crippen LogP contribution in [0, 0.1) is 0 Å². The number of aliphatic hydroxyl groups excluding tert-OH is 1. The van der Waals surface area contributed by atoms with Crippen LogP contribution in [0.5, 0.6) is 17.2 Å². The topological polar surface area (TPSA) is 144 Å². The summed E-state index contributed by atoms with van der Waals surface area (Å²) < 4.78 is 16.4. The van der Waals surface area contributed by atoms with Crippen molar-refractivity contribution in [1.29, 1.82) is 0 Å². The maximum atomic E-state index is 11.8. The summed E-state index contributed by atoms with van der Waals surface area (Å²) in [5, 5.41) is 18.8. The number of hydrogen-bond acceptors (Lipinski definition) is 7. The lowest BCUT2D eigenvalue weighted by Crippen LogP contribution is -2.33. The first kappa shape index (κ1) is 24.1. The van der Waals surface area contributed by atoms with Crippen molar-refractivity contribution in [1.82, 2.24) is 5.32 Å². The molecule has 0 radical (unpaired) electrons. The first-order valence-corrected chi connectivity index (χ1v) is 10.7. The van der Waals surface area contributed by atoms with E-state index in [1.165, 1.54) is 0 Å². The third-order valence-electron chi connectivity index (χ3n) is 5.24. The zero-order chi connectivity index (χ0) is 23.8. The number of carbonyl (C=O) groups is 2. The fourth-order valence-corrected chi connectivity index (χ4v) is 3.61. The van der Waals surface area contributed by atoms with E-state index in [0.29, 0.717) is 54.6 Å². The smallest absolute Gasteiger partial charge is 0.316 e. The number of nitrogens with two attached hydrogens (primary N) is 1. The van der Waals surface area contributed by atoms with Crippen LogP contribution in [-0.4, -0.2) is 57.1 Å². The van der Waals surface area contributed by atoms with Crippen molar-refractivity contribution in [2.45, 2.75) is 25.4 Å². The van der Waals surface area contributed by atoms with Crippen LogP contribution in [-0.2, 0) is 17.6 Å². The molecule has 0 fully saturated rings. The van der Waals surface area contributed by atoms with Crippen molar-refractivity contribution in [3.8, 4) is 17.2 Å². The molecule has 178 valence electrons. The summed E-state index contributed by atoms with van der Waals surface area (Å²) in [5.74, 6) is 1.76. The SMILES string of the molecule is COc1ccc(CCNCC(O)COc2ccc(NC(N)=O)c3c2CCC(=O)N3)cc1OC. The van der Waals surface area contributed by atoms with Gasteiger partial charge in [-0.15, -0.1) is 0 Å². The molecule has 2 aromatic carbocycles. The largest absolute Gasteiger partial charge is 0.493 e. The predicted molar refractivity (Wildman–Crippen MR) is 124 cm³/mol. The van der Waals surface area contributed by atoms with Gasteiger partial charge in [-0.3, -0.25) is 4.79 Å². The van der Waals surface area contributed by atoms with Gasteiger partial charge in [0.15, 0.2) is 11.5 Å². The molecule has 10 heteroatoms. The summed E-state index contributed by atoms with van der Waals surface area (Å²) in [7, 11) is 3.20. The summed E-state index contributed by atoms with van der Waals surface area (Å²) in [6, 6.07) is 8.35. The van der Waals surface area contributed by atoms with Crippen molar-refractivity contribution in [3.05, 3.63) is 41.5 Å². The lowest BCUT2D eigenvalue weighted by atomic mass is 10.0. The van der Waals surface area contributed by atoms with E-state index in [-0.39, 0.29) is 12.5 Å². The molecule has 0 saturated heterocycles. The van der Waals surface area contributed by atoms with Gasteiger partial charge >= 0.3 is 6.03 Å². The first-order chi connectivity index (χ1) is 15.9. The van der Waals surface area contributed by atoms with Gasteiger partial charge in [0.2, 0.25) is 5.91 Å². The Morgan fingerprint density at radius 3 is 2.64 bits per heavy atom. The van der Waals surface area contributed by atoms with E-state index in [2.05, 4.69) is 16.0 Å². The van der Waals surface area contributed by atoms with Crippen molar-refractivity contribution in [3.63, 3.8) is 0 Å². The molecule has 33 heavy (non-hydrogen) atoms. The Morgan fingerprint density at radius 2 is 1.91 bits per heavy atom. The zero-order valence-electron chi connectivity index (χ0n) is 18.8. The minimum absolute atomic E-state index is 0.0757. The normalized spacial score (nSPS) is 13.5. The van der Waals surface area contributed by atoms with Crippen LogP contribution >= 0.6 is 0 Å². The molecule has 2 aromatic rings. The number of rotatable bonds is 11. The molecule has 1 atom stereocenters. The average Bonchev–Trinajstić information content (AvgIpc) is 2.80. The highest BCUT2D eigenvalue weighted by atomic mass is 16.5. The van der Waals surface area contributed by atoms with Gasteiger partial charge in [-0.1, -0.05) is 6.07 Å². The van der Waals surface area contributed by atoms with Gasteiger partial charge in [0.05, 0.1) is 25.6 Å².